The summed E-state index contributed by atoms with van der Waals surface area (Å²) in [6.07, 6.45) is 1.83. The molecular weight excluding hydrogens is 222 g/mol. The van der Waals surface area contributed by atoms with Crippen molar-refractivity contribution in [2.75, 3.05) is 13.1 Å². The van der Waals surface area contributed by atoms with Gasteiger partial charge in [-0.05, 0) is 37.2 Å². The van der Waals surface area contributed by atoms with Crippen LogP contribution in [0.4, 0.5) is 0 Å². The van der Waals surface area contributed by atoms with Gasteiger partial charge >= 0.3 is 0 Å². The second-order valence-corrected chi connectivity index (χ2v) is 4.62. The highest BCUT2D eigenvalue weighted by atomic mass is 15.0. The van der Waals surface area contributed by atoms with E-state index in [0.29, 0.717) is 6.04 Å². The normalized spacial score (nSPS) is 12.8. The molecule has 2 N–H and O–H groups in total. The number of pyridine rings is 1. The van der Waals surface area contributed by atoms with Gasteiger partial charge in [0.1, 0.15) is 0 Å². The molecular formula is C15H21N3. The minimum atomic E-state index is 0.481. The SMILES string of the molecule is CCNCC(C)NCc1ccc2ncccc2c1. The van der Waals surface area contributed by atoms with E-state index in [1.54, 1.807) is 0 Å². The lowest BCUT2D eigenvalue weighted by Crippen LogP contribution is -2.35. The minimum Gasteiger partial charge on any atom is -0.315 e. The Morgan fingerprint density at radius 2 is 2.17 bits per heavy atom. The van der Waals surface area contributed by atoms with Crippen molar-refractivity contribution in [2.45, 2.75) is 26.4 Å². The molecule has 1 atom stereocenters. The van der Waals surface area contributed by atoms with E-state index in [2.05, 4.69) is 53.7 Å². The molecule has 0 fully saturated rings. The highest BCUT2D eigenvalue weighted by Crippen LogP contribution is 2.13. The zero-order valence-corrected chi connectivity index (χ0v) is 11.1. The molecule has 1 aromatic heterocycles. The maximum Gasteiger partial charge on any atom is 0.0702 e. The van der Waals surface area contributed by atoms with Crippen LogP contribution >= 0.6 is 0 Å². The van der Waals surface area contributed by atoms with Crippen molar-refractivity contribution in [3.8, 4) is 0 Å². The Bertz CT molecular complexity index is 496. The van der Waals surface area contributed by atoms with Crippen LogP contribution in [0, 0.1) is 0 Å². The lowest BCUT2D eigenvalue weighted by molar-refractivity contribution is 0.509. The Balaban J connectivity index is 1.95. The molecule has 96 valence electrons. The Hall–Kier alpha value is -1.45. The number of benzene rings is 1. The predicted molar refractivity (Wildman–Crippen MR) is 76.6 cm³/mol. The van der Waals surface area contributed by atoms with Gasteiger partial charge in [-0.25, -0.2) is 0 Å². The lowest BCUT2D eigenvalue weighted by Gasteiger charge is -2.14. The van der Waals surface area contributed by atoms with E-state index in [9.17, 15) is 0 Å². The van der Waals surface area contributed by atoms with Crippen LogP contribution in [-0.4, -0.2) is 24.1 Å². The summed E-state index contributed by atoms with van der Waals surface area (Å²) in [4.78, 5) is 4.33. The third-order valence-electron chi connectivity index (χ3n) is 3.02. The zero-order valence-electron chi connectivity index (χ0n) is 11.1. The molecule has 3 nitrogen and oxygen atoms in total. The first-order valence-electron chi connectivity index (χ1n) is 6.57. The summed E-state index contributed by atoms with van der Waals surface area (Å²) < 4.78 is 0. The van der Waals surface area contributed by atoms with E-state index in [1.165, 1.54) is 10.9 Å². The van der Waals surface area contributed by atoms with E-state index in [4.69, 9.17) is 0 Å². The van der Waals surface area contributed by atoms with Crippen LogP contribution in [0.3, 0.4) is 0 Å². The topological polar surface area (TPSA) is 37.0 Å². The van der Waals surface area contributed by atoms with Gasteiger partial charge in [0.25, 0.3) is 0 Å². The van der Waals surface area contributed by atoms with E-state index in [1.807, 2.05) is 12.3 Å². The average molecular weight is 243 g/mol. The van der Waals surface area contributed by atoms with Crippen LogP contribution in [-0.2, 0) is 6.54 Å². The summed E-state index contributed by atoms with van der Waals surface area (Å²) in [5.74, 6) is 0. The van der Waals surface area contributed by atoms with Crippen molar-refractivity contribution < 1.29 is 0 Å². The summed E-state index contributed by atoms with van der Waals surface area (Å²) >= 11 is 0. The largest absolute Gasteiger partial charge is 0.315 e. The van der Waals surface area contributed by atoms with Crippen LogP contribution in [0.2, 0.25) is 0 Å². The molecule has 0 bridgehead atoms. The quantitative estimate of drug-likeness (QED) is 0.817. The summed E-state index contributed by atoms with van der Waals surface area (Å²) in [5, 5.41) is 8.06. The number of aromatic nitrogens is 1. The maximum atomic E-state index is 4.33. The number of nitrogens with one attached hydrogen (secondary N) is 2. The van der Waals surface area contributed by atoms with Crippen molar-refractivity contribution in [3.05, 3.63) is 42.1 Å². The van der Waals surface area contributed by atoms with Gasteiger partial charge in [-0.2, -0.15) is 0 Å². The fraction of sp³-hybridized carbons (Fsp3) is 0.400. The van der Waals surface area contributed by atoms with E-state index in [-0.39, 0.29) is 0 Å². The standard InChI is InChI=1S/C15H21N3/c1-3-16-10-12(2)18-11-13-6-7-15-14(9-13)5-4-8-17-15/h4-9,12,16,18H,3,10-11H2,1-2H3. The number of fused-ring (bicyclic) bond motifs is 1. The third kappa shape index (κ3) is 3.52. The van der Waals surface area contributed by atoms with Gasteiger partial charge in [-0.15, -0.1) is 0 Å². The summed E-state index contributed by atoms with van der Waals surface area (Å²) in [7, 11) is 0. The third-order valence-corrected chi connectivity index (χ3v) is 3.02. The van der Waals surface area contributed by atoms with Crippen molar-refractivity contribution in [1.82, 2.24) is 15.6 Å². The molecule has 0 saturated carbocycles. The van der Waals surface area contributed by atoms with Crippen LogP contribution in [0.5, 0.6) is 0 Å². The number of nitrogens with zero attached hydrogens (tertiary/aromatic N) is 1. The highest BCUT2D eigenvalue weighted by Gasteiger charge is 2.01. The van der Waals surface area contributed by atoms with Gasteiger partial charge in [0, 0.05) is 30.7 Å². The number of likely N-dealkylation sites (N-methyl/N-ethyl adjacent to an activating group) is 1. The average Bonchev–Trinajstić information content (AvgIpc) is 2.42. The smallest absolute Gasteiger partial charge is 0.0702 e. The molecule has 1 aromatic carbocycles. The van der Waals surface area contributed by atoms with E-state index >= 15 is 0 Å². The Morgan fingerprint density at radius 3 is 3.00 bits per heavy atom. The van der Waals surface area contributed by atoms with Crippen LogP contribution in [0.1, 0.15) is 19.4 Å². The number of hydrogen-bond acceptors (Lipinski definition) is 3. The van der Waals surface area contributed by atoms with E-state index < -0.39 is 0 Å². The maximum absolute atomic E-state index is 4.33. The second kappa shape index (κ2) is 6.47. The fourth-order valence-electron chi connectivity index (χ4n) is 1.96. The molecule has 0 radical (unpaired) electrons. The van der Waals surface area contributed by atoms with Gasteiger partial charge in [0.15, 0.2) is 0 Å². The van der Waals surface area contributed by atoms with Crippen molar-refractivity contribution in [1.29, 1.82) is 0 Å². The van der Waals surface area contributed by atoms with E-state index in [0.717, 1.165) is 25.2 Å². The molecule has 0 aliphatic heterocycles. The number of rotatable bonds is 6. The molecule has 0 aliphatic carbocycles. The van der Waals surface area contributed by atoms with Gasteiger partial charge in [-0.3, -0.25) is 4.98 Å². The van der Waals surface area contributed by atoms with Crippen molar-refractivity contribution in [3.63, 3.8) is 0 Å². The molecule has 18 heavy (non-hydrogen) atoms. The van der Waals surface area contributed by atoms with Gasteiger partial charge < -0.3 is 10.6 Å². The first-order valence-corrected chi connectivity index (χ1v) is 6.57. The Morgan fingerprint density at radius 1 is 1.28 bits per heavy atom. The summed E-state index contributed by atoms with van der Waals surface area (Å²) in [6.45, 7) is 7.25. The molecule has 2 rings (SSSR count). The van der Waals surface area contributed by atoms with Crippen molar-refractivity contribution >= 4 is 10.9 Å². The Kier molecular flexibility index (Phi) is 4.67. The van der Waals surface area contributed by atoms with Gasteiger partial charge in [0.2, 0.25) is 0 Å². The summed E-state index contributed by atoms with van der Waals surface area (Å²) in [6, 6.07) is 11.0. The summed E-state index contributed by atoms with van der Waals surface area (Å²) in [5.41, 5.74) is 2.36. The van der Waals surface area contributed by atoms with Crippen LogP contribution in [0.25, 0.3) is 10.9 Å². The predicted octanol–water partition coefficient (Wildman–Crippen LogP) is 2.32. The van der Waals surface area contributed by atoms with Gasteiger partial charge in [0.05, 0.1) is 5.52 Å². The second-order valence-electron chi connectivity index (χ2n) is 4.62. The first-order chi connectivity index (χ1) is 8.79. The van der Waals surface area contributed by atoms with Crippen LogP contribution in [0.15, 0.2) is 36.5 Å². The number of hydrogen-bond donors (Lipinski definition) is 2. The molecule has 2 aromatic rings. The molecule has 0 aliphatic rings. The van der Waals surface area contributed by atoms with Crippen LogP contribution < -0.4 is 10.6 Å². The van der Waals surface area contributed by atoms with Crippen molar-refractivity contribution in [2.24, 2.45) is 0 Å². The molecule has 3 heteroatoms. The first kappa shape index (κ1) is 13.0. The molecule has 0 saturated heterocycles. The van der Waals surface area contributed by atoms with Gasteiger partial charge in [-0.1, -0.05) is 19.1 Å². The monoisotopic (exact) mass is 243 g/mol. The molecule has 1 unspecified atom stereocenters. The zero-order chi connectivity index (χ0) is 12.8. The minimum absolute atomic E-state index is 0.481. The molecule has 0 spiro atoms. The molecule has 0 amide bonds. The molecule has 1 heterocycles. The lowest BCUT2D eigenvalue weighted by atomic mass is 10.1. The highest BCUT2D eigenvalue weighted by molar-refractivity contribution is 5.78. The Labute approximate surface area is 109 Å². The fourth-order valence-corrected chi connectivity index (χ4v) is 1.96.